The van der Waals surface area contributed by atoms with Gasteiger partial charge in [0.2, 0.25) is 0 Å². The first-order chi connectivity index (χ1) is 11.5. The average molecular weight is 332 g/mol. The molecule has 126 valence electrons. The van der Waals surface area contributed by atoms with Crippen molar-refractivity contribution >= 4 is 11.8 Å². The van der Waals surface area contributed by atoms with E-state index in [9.17, 15) is 18.7 Å². The minimum atomic E-state index is -1.04. The Hall–Kier alpha value is -2.50. The lowest BCUT2D eigenvalue weighted by molar-refractivity contribution is -0.149. The van der Waals surface area contributed by atoms with E-state index in [0.29, 0.717) is 19.4 Å². The average Bonchev–Trinajstić information content (AvgIpc) is 2.57. The normalized spacial score (nSPS) is 20.8. The lowest BCUT2D eigenvalue weighted by Crippen LogP contribution is -2.49. The van der Waals surface area contributed by atoms with E-state index >= 15 is 0 Å². The first kappa shape index (κ1) is 16.4. The summed E-state index contributed by atoms with van der Waals surface area (Å²) < 4.78 is 27.1. The molecule has 1 N–H and O–H groups in total. The number of benzene rings is 1. The monoisotopic (exact) mass is 332 g/mol. The van der Waals surface area contributed by atoms with Crippen molar-refractivity contribution in [1.29, 1.82) is 0 Å². The molecule has 1 aromatic heterocycles. The summed E-state index contributed by atoms with van der Waals surface area (Å²) >= 11 is 0. The lowest BCUT2D eigenvalue weighted by atomic mass is 9.75. The Balaban J connectivity index is 1.88. The van der Waals surface area contributed by atoms with Gasteiger partial charge < -0.3 is 10.0 Å². The second kappa shape index (κ2) is 6.55. The van der Waals surface area contributed by atoms with Crippen LogP contribution in [0.5, 0.6) is 0 Å². The van der Waals surface area contributed by atoms with E-state index in [0.717, 1.165) is 5.56 Å². The Kier molecular flexibility index (Phi) is 4.46. The van der Waals surface area contributed by atoms with E-state index in [2.05, 4.69) is 4.98 Å². The van der Waals surface area contributed by atoms with Crippen molar-refractivity contribution in [1.82, 2.24) is 4.98 Å². The molecule has 3 rings (SSSR count). The number of halogens is 2. The molecule has 1 saturated heterocycles. The maximum absolute atomic E-state index is 14.0. The smallest absolute Gasteiger partial charge is 0.311 e. The number of pyridine rings is 1. The van der Waals surface area contributed by atoms with Crippen LogP contribution in [0.3, 0.4) is 0 Å². The van der Waals surface area contributed by atoms with Crippen LogP contribution in [0, 0.1) is 17.0 Å². The number of hydrogen-bond donors (Lipinski definition) is 1. The van der Waals surface area contributed by atoms with Gasteiger partial charge in [0.15, 0.2) is 11.6 Å². The van der Waals surface area contributed by atoms with Gasteiger partial charge in [-0.05, 0) is 49.1 Å². The molecule has 1 unspecified atom stereocenters. The van der Waals surface area contributed by atoms with E-state index < -0.39 is 17.2 Å². The molecule has 1 atom stereocenters. The molecule has 1 aromatic carbocycles. The molecule has 1 fully saturated rings. The fourth-order valence-corrected chi connectivity index (χ4v) is 3.31. The van der Waals surface area contributed by atoms with E-state index in [-0.39, 0.29) is 24.6 Å². The van der Waals surface area contributed by atoms with Gasteiger partial charge in [0.25, 0.3) is 0 Å². The van der Waals surface area contributed by atoms with Crippen molar-refractivity contribution in [3.8, 4) is 0 Å². The summed E-state index contributed by atoms with van der Waals surface area (Å²) in [5.74, 6) is -1.56. The van der Waals surface area contributed by atoms with E-state index in [1.807, 2.05) is 0 Å². The molecule has 2 heterocycles. The SMILES string of the molecule is O=C(O)C1(Cc2ccc(F)cc2)CCCN(c2ncccc2F)C1. The summed E-state index contributed by atoms with van der Waals surface area (Å²) in [4.78, 5) is 17.7. The highest BCUT2D eigenvalue weighted by Crippen LogP contribution is 2.36. The molecule has 0 amide bonds. The number of carboxylic acid groups (broad SMARTS) is 1. The van der Waals surface area contributed by atoms with Crippen LogP contribution in [-0.2, 0) is 11.2 Å². The van der Waals surface area contributed by atoms with E-state index in [1.165, 1.54) is 30.5 Å². The van der Waals surface area contributed by atoms with Crippen LogP contribution in [0.25, 0.3) is 0 Å². The molecule has 0 aliphatic carbocycles. The number of aromatic nitrogens is 1. The van der Waals surface area contributed by atoms with Crippen molar-refractivity contribution in [2.24, 2.45) is 5.41 Å². The summed E-state index contributed by atoms with van der Waals surface area (Å²) in [5.41, 5.74) is -0.290. The highest BCUT2D eigenvalue weighted by molar-refractivity contribution is 5.76. The van der Waals surface area contributed by atoms with Crippen LogP contribution in [0.15, 0.2) is 42.6 Å². The number of carboxylic acids is 1. The summed E-state index contributed by atoms with van der Waals surface area (Å²) in [7, 11) is 0. The topological polar surface area (TPSA) is 53.4 Å². The molecule has 6 heteroatoms. The van der Waals surface area contributed by atoms with E-state index in [4.69, 9.17) is 0 Å². The van der Waals surface area contributed by atoms with Gasteiger partial charge >= 0.3 is 5.97 Å². The summed E-state index contributed by atoms with van der Waals surface area (Å²) in [6.07, 6.45) is 2.89. The molecular formula is C18H18F2N2O2. The number of anilines is 1. The van der Waals surface area contributed by atoms with Gasteiger partial charge in [-0.1, -0.05) is 12.1 Å². The number of aliphatic carboxylic acids is 1. The minimum absolute atomic E-state index is 0.174. The van der Waals surface area contributed by atoms with Gasteiger partial charge in [0, 0.05) is 19.3 Å². The number of nitrogens with zero attached hydrogens (tertiary/aromatic N) is 2. The molecule has 0 bridgehead atoms. The molecule has 24 heavy (non-hydrogen) atoms. The van der Waals surface area contributed by atoms with E-state index in [1.54, 1.807) is 17.0 Å². The predicted molar refractivity (Wildman–Crippen MR) is 85.8 cm³/mol. The molecule has 0 spiro atoms. The Bertz CT molecular complexity index is 736. The number of carbonyl (C=O) groups is 1. The van der Waals surface area contributed by atoms with Crippen molar-refractivity contribution in [3.63, 3.8) is 0 Å². The van der Waals surface area contributed by atoms with Crippen LogP contribution >= 0.6 is 0 Å². The molecule has 1 aliphatic heterocycles. The second-order valence-corrected chi connectivity index (χ2v) is 6.22. The summed E-state index contributed by atoms with van der Waals surface area (Å²) in [6.45, 7) is 0.736. The molecule has 1 aliphatic rings. The Morgan fingerprint density at radius 2 is 2.00 bits per heavy atom. The number of hydrogen-bond acceptors (Lipinski definition) is 3. The maximum Gasteiger partial charge on any atom is 0.311 e. The minimum Gasteiger partial charge on any atom is -0.481 e. The Labute approximate surface area is 138 Å². The standard InChI is InChI=1S/C18H18F2N2O2/c19-14-6-4-13(5-7-14)11-18(17(23)24)8-2-10-22(12-18)16-15(20)3-1-9-21-16/h1,3-7,9H,2,8,10-12H2,(H,23,24). The van der Waals surface area contributed by atoms with Gasteiger partial charge in [-0.3, -0.25) is 4.79 Å². The zero-order valence-corrected chi connectivity index (χ0v) is 13.1. The van der Waals surface area contributed by atoms with Crippen molar-refractivity contribution in [3.05, 3.63) is 59.8 Å². The fraction of sp³-hybridized carbons (Fsp3) is 0.333. The summed E-state index contributed by atoms with van der Waals surface area (Å²) in [6, 6.07) is 8.67. The van der Waals surface area contributed by atoms with Crippen molar-refractivity contribution in [2.45, 2.75) is 19.3 Å². The molecule has 4 nitrogen and oxygen atoms in total. The number of rotatable bonds is 4. The van der Waals surface area contributed by atoms with Crippen LogP contribution in [-0.4, -0.2) is 29.1 Å². The maximum atomic E-state index is 14.0. The second-order valence-electron chi connectivity index (χ2n) is 6.22. The zero-order chi connectivity index (χ0) is 17.2. The highest BCUT2D eigenvalue weighted by atomic mass is 19.1. The van der Waals surface area contributed by atoms with Crippen LogP contribution < -0.4 is 4.90 Å². The van der Waals surface area contributed by atoms with Crippen LogP contribution in [0.4, 0.5) is 14.6 Å². The van der Waals surface area contributed by atoms with Gasteiger partial charge in [0.1, 0.15) is 5.82 Å². The Morgan fingerprint density at radius 1 is 1.25 bits per heavy atom. The molecular weight excluding hydrogens is 314 g/mol. The van der Waals surface area contributed by atoms with Crippen LogP contribution in [0.2, 0.25) is 0 Å². The van der Waals surface area contributed by atoms with Gasteiger partial charge in [-0.25, -0.2) is 13.8 Å². The van der Waals surface area contributed by atoms with Gasteiger partial charge in [-0.15, -0.1) is 0 Å². The Morgan fingerprint density at radius 3 is 2.67 bits per heavy atom. The third-order valence-corrected chi connectivity index (χ3v) is 4.52. The quantitative estimate of drug-likeness (QED) is 0.934. The van der Waals surface area contributed by atoms with Crippen LogP contribution in [0.1, 0.15) is 18.4 Å². The molecule has 0 radical (unpaired) electrons. The largest absolute Gasteiger partial charge is 0.481 e. The first-order valence-corrected chi connectivity index (χ1v) is 7.83. The highest BCUT2D eigenvalue weighted by Gasteiger charge is 2.43. The first-order valence-electron chi connectivity index (χ1n) is 7.83. The van der Waals surface area contributed by atoms with Crippen molar-refractivity contribution in [2.75, 3.05) is 18.0 Å². The fourth-order valence-electron chi connectivity index (χ4n) is 3.31. The molecule has 0 saturated carbocycles. The van der Waals surface area contributed by atoms with Crippen molar-refractivity contribution < 1.29 is 18.7 Å². The third kappa shape index (κ3) is 3.22. The lowest BCUT2D eigenvalue weighted by Gasteiger charge is -2.40. The third-order valence-electron chi connectivity index (χ3n) is 4.52. The number of piperidine rings is 1. The van der Waals surface area contributed by atoms with Gasteiger partial charge in [0.05, 0.1) is 5.41 Å². The summed E-state index contributed by atoms with van der Waals surface area (Å²) in [5, 5.41) is 9.82. The predicted octanol–water partition coefficient (Wildman–Crippen LogP) is 3.27. The molecule has 2 aromatic rings. The van der Waals surface area contributed by atoms with Gasteiger partial charge in [-0.2, -0.15) is 0 Å². The zero-order valence-electron chi connectivity index (χ0n) is 13.1.